The van der Waals surface area contributed by atoms with E-state index in [1.807, 2.05) is 0 Å². The topological polar surface area (TPSA) is 44.4 Å². The third-order valence-corrected chi connectivity index (χ3v) is 6.23. The summed E-state index contributed by atoms with van der Waals surface area (Å²) in [6, 6.07) is 7.07. The zero-order chi connectivity index (χ0) is 17.1. The van der Waals surface area contributed by atoms with Crippen molar-refractivity contribution in [3.05, 3.63) is 29.3 Å². The van der Waals surface area contributed by atoms with Gasteiger partial charge in [-0.15, -0.1) is 12.4 Å². The number of likely N-dealkylation sites (tertiary alicyclic amines) is 1. The fraction of sp³-hybridized carbons (Fsp3) is 0.667. The van der Waals surface area contributed by atoms with Gasteiger partial charge < -0.3 is 10.6 Å². The van der Waals surface area contributed by atoms with Crippen LogP contribution in [0.2, 0.25) is 0 Å². The molecule has 2 fully saturated rings. The van der Waals surface area contributed by atoms with Gasteiger partial charge in [0.2, 0.25) is 5.91 Å². The molecule has 1 aromatic rings. The molecule has 0 unspecified atom stereocenters. The second-order valence-corrected chi connectivity index (χ2v) is 8.10. The molecular weight excluding hydrogens is 346 g/mol. The standard InChI is InChI=1S/C21H31N3O.ClH/c25-20(14-16-4-1-2-5-16)23-19-9-12-24(13-10-19)15-18-7-3-6-17-8-11-22-21(17)18;/h3,6-7,16,19,22H,1-2,4-5,8-15H2,(H,23,25);1H. The molecule has 0 bridgehead atoms. The van der Waals surface area contributed by atoms with E-state index in [1.54, 1.807) is 0 Å². The van der Waals surface area contributed by atoms with Crippen LogP contribution in [-0.2, 0) is 17.8 Å². The van der Waals surface area contributed by atoms with E-state index in [0.29, 0.717) is 12.0 Å². The van der Waals surface area contributed by atoms with Crippen molar-refractivity contribution in [2.45, 2.75) is 64.0 Å². The fourth-order valence-electron chi connectivity index (χ4n) is 4.78. The second kappa shape index (κ2) is 9.09. The van der Waals surface area contributed by atoms with Crippen LogP contribution in [0.25, 0.3) is 0 Å². The number of piperidine rings is 1. The molecule has 0 spiro atoms. The Morgan fingerprint density at radius 1 is 1.15 bits per heavy atom. The molecule has 4 nitrogen and oxygen atoms in total. The van der Waals surface area contributed by atoms with Gasteiger partial charge in [0.15, 0.2) is 0 Å². The van der Waals surface area contributed by atoms with Crippen molar-refractivity contribution >= 4 is 24.0 Å². The van der Waals surface area contributed by atoms with Gasteiger partial charge in [-0.1, -0.05) is 31.0 Å². The summed E-state index contributed by atoms with van der Waals surface area (Å²) in [5.74, 6) is 0.934. The van der Waals surface area contributed by atoms with Crippen molar-refractivity contribution in [1.82, 2.24) is 10.2 Å². The SMILES string of the molecule is Cl.O=C(CC1CCCC1)NC1CCN(Cc2cccc3c2NCC3)CC1. The van der Waals surface area contributed by atoms with Gasteiger partial charge in [0, 0.05) is 44.3 Å². The zero-order valence-corrected chi connectivity index (χ0v) is 16.5. The van der Waals surface area contributed by atoms with Gasteiger partial charge in [-0.2, -0.15) is 0 Å². The van der Waals surface area contributed by atoms with Gasteiger partial charge in [-0.05, 0) is 49.1 Å². The number of carbonyl (C=O) groups is 1. The highest BCUT2D eigenvalue weighted by molar-refractivity contribution is 5.85. The number of fused-ring (bicyclic) bond motifs is 1. The summed E-state index contributed by atoms with van der Waals surface area (Å²) in [5, 5.41) is 6.84. The first-order chi connectivity index (χ1) is 12.3. The summed E-state index contributed by atoms with van der Waals surface area (Å²) in [7, 11) is 0. The van der Waals surface area contributed by atoms with Crippen molar-refractivity contribution in [2.75, 3.05) is 25.0 Å². The predicted octanol–water partition coefficient (Wildman–Crippen LogP) is 3.74. The van der Waals surface area contributed by atoms with Crippen LogP contribution in [0, 0.1) is 5.92 Å². The van der Waals surface area contributed by atoms with Gasteiger partial charge >= 0.3 is 0 Å². The molecule has 3 aliphatic rings. The first-order valence-electron chi connectivity index (χ1n) is 10.1. The molecule has 1 saturated heterocycles. The smallest absolute Gasteiger partial charge is 0.220 e. The Kier molecular flexibility index (Phi) is 6.82. The number of rotatable bonds is 5. The third kappa shape index (κ3) is 4.72. The number of nitrogens with one attached hydrogen (secondary N) is 2. The summed E-state index contributed by atoms with van der Waals surface area (Å²) in [5.41, 5.74) is 4.26. The van der Waals surface area contributed by atoms with E-state index in [1.165, 1.54) is 42.5 Å². The molecular formula is C21H32ClN3O. The molecule has 1 amide bonds. The summed E-state index contributed by atoms with van der Waals surface area (Å²) in [6.45, 7) is 4.26. The highest BCUT2D eigenvalue weighted by Gasteiger charge is 2.24. The van der Waals surface area contributed by atoms with E-state index >= 15 is 0 Å². The number of anilines is 1. The number of amides is 1. The highest BCUT2D eigenvalue weighted by atomic mass is 35.5. The van der Waals surface area contributed by atoms with Crippen molar-refractivity contribution in [3.8, 4) is 0 Å². The summed E-state index contributed by atoms with van der Waals surface area (Å²) in [4.78, 5) is 14.8. The Bertz CT molecular complexity index is 607. The first kappa shape index (κ1) is 19.5. The zero-order valence-electron chi connectivity index (χ0n) is 15.6. The van der Waals surface area contributed by atoms with Crippen LogP contribution in [0.15, 0.2) is 18.2 Å². The number of para-hydroxylation sites is 1. The molecule has 1 aliphatic carbocycles. The summed E-state index contributed by atoms with van der Waals surface area (Å²) < 4.78 is 0. The summed E-state index contributed by atoms with van der Waals surface area (Å²) >= 11 is 0. The van der Waals surface area contributed by atoms with Crippen LogP contribution < -0.4 is 10.6 Å². The second-order valence-electron chi connectivity index (χ2n) is 8.10. The van der Waals surface area contributed by atoms with Crippen molar-refractivity contribution < 1.29 is 4.79 Å². The minimum Gasteiger partial charge on any atom is -0.384 e. The van der Waals surface area contributed by atoms with Gasteiger partial charge in [-0.25, -0.2) is 0 Å². The fourth-order valence-corrected chi connectivity index (χ4v) is 4.78. The first-order valence-corrected chi connectivity index (χ1v) is 10.1. The number of nitrogens with zero attached hydrogens (tertiary/aromatic N) is 1. The maximum Gasteiger partial charge on any atom is 0.220 e. The molecule has 2 heterocycles. The lowest BCUT2D eigenvalue weighted by Gasteiger charge is -2.33. The minimum absolute atomic E-state index is 0. The average Bonchev–Trinajstić information content (AvgIpc) is 3.28. The lowest BCUT2D eigenvalue weighted by atomic mass is 10.0. The molecule has 0 aromatic heterocycles. The van der Waals surface area contributed by atoms with Gasteiger partial charge in [0.1, 0.15) is 0 Å². The predicted molar refractivity (Wildman–Crippen MR) is 109 cm³/mol. The largest absolute Gasteiger partial charge is 0.384 e. The van der Waals surface area contributed by atoms with Crippen LogP contribution in [0.5, 0.6) is 0 Å². The Balaban J connectivity index is 0.00000196. The Labute approximate surface area is 163 Å². The molecule has 1 saturated carbocycles. The molecule has 0 atom stereocenters. The highest BCUT2D eigenvalue weighted by Crippen LogP contribution is 2.29. The normalized spacial score (nSPS) is 21.1. The molecule has 144 valence electrons. The number of hydrogen-bond donors (Lipinski definition) is 2. The number of hydrogen-bond acceptors (Lipinski definition) is 3. The van der Waals surface area contributed by atoms with E-state index in [2.05, 4.69) is 33.7 Å². The van der Waals surface area contributed by atoms with Crippen LogP contribution >= 0.6 is 12.4 Å². The number of halogens is 1. The van der Waals surface area contributed by atoms with Crippen molar-refractivity contribution in [2.24, 2.45) is 5.92 Å². The van der Waals surface area contributed by atoms with E-state index in [9.17, 15) is 4.79 Å². The summed E-state index contributed by atoms with van der Waals surface area (Å²) in [6.07, 6.45) is 9.20. The molecule has 5 heteroatoms. The molecule has 4 rings (SSSR count). The molecule has 0 radical (unpaired) electrons. The lowest BCUT2D eigenvalue weighted by molar-refractivity contribution is -0.123. The van der Waals surface area contributed by atoms with Gasteiger partial charge in [0.05, 0.1) is 0 Å². The van der Waals surface area contributed by atoms with Crippen LogP contribution in [0.3, 0.4) is 0 Å². The van der Waals surface area contributed by atoms with Gasteiger partial charge in [0.25, 0.3) is 0 Å². The Morgan fingerprint density at radius 3 is 2.69 bits per heavy atom. The van der Waals surface area contributed by atoms with Gasteiger partial charge in [-0.3, -0.25) is 9.69 Å². The van der Waals surface area contributed by atoms with E-state index in [0.717, 1.165) is 51.9 Å². The van der Waals surface area contributed by atoms with Crippen molar-refractivity contribution in [1.29, 1.82) is 0 Å². The van der Waals surface area contributed by atoms with Crippen LogP contribution in [0.4, 0.5) is 5.69 Å². The quantitative estimate of drug-likeness (QED) is 0.821. The number of benzene rings is 1. The monoisotopic (exact) mass is 377 g/mol. The van der Waals surface area contributed by atoms with E-state index in [4.69, 9.17) is 0 Å². The van der Waals surface area contributed by atoms with Crippen molar-refractivity contribution in [3.63, 3.8) is 0 Å². The molecule has 2 N–H and O–H groups in total. The third-order valence-electron chi connectivity index (χ3n) is 6.23. The molecule has 2 aliphatic heterocycles. The average molecular weight is 378 g/mol. The lowest BCUT2D eigenvalue weighted by Crippen LogP contribution is -2.44. The number of carbonyl (C=O) groups excluding carboxylic acids is 1. The Morgan fingerprint density at radius 2 is 1.92 bits per heavy atom. The minimum atomic E-state index is 0. The Hall–Kier alpha value is -1.26. The maximum atomic E-state index is 12.2. The molecule has 1 aromatic carbocycles. The van der Waals surface area contributed by atoms with Crippen LogP contribution in [-0.4, -0.2) is 36.5 Å². The van der Waals surface area contributed by atoms with E-state index in [-0.39, 0.29) is 18.3 Å². The van der Waals surface area contributed by atoms with E-state index < -0.39 is 0 Å². The maximum absolute atomic E-state index is 12.2. The molecule has 26 heavy (non-hydrogen) atoms. The van der Waals surface area contributed by atoms with Crippen LogP contribution in [0.1, 0.15) is 56.1 Å².